The minimum atomic E-state index is 1.01. The third-order valence-electron chi connectivity index (χ3n) is 4.68. The molecule has 0 spiro atoms. The number of hydrogen-bond donors (Lipinski definition) is 2. The van der Waals surface area contributed by atoms with Crippen molar-refractivity contribution in [1.29, 1.82) is 0 Å². The minimum Gasteiger partial charge on any atom is -0.358 e. The second-order valence-corrected chi connectivity index (χ2v) is 6.23. The number of nitrogens with one attached hydrogen (secondary N) is 2. The third-order valence-corrected chi connectivity index (χ3v) is 4.68. The van der Waals surface area contributed by atoms with Crippen molar-refractivity contribution in [3.63, 3.8) is 0 Å². The molecule has 4 nitrogen and oxygen atoms in total. The molecule has 4 heteroatoms. The molecule has 0 atom stereocenters. The zero-order chi connectivity index (χ0) is 15.1. The lowest BCUT2D eigenvalue weighted by Gasteiger charge is -2.26. The first-order valence-electron chi connectivity index (χ1n) is 8.14. The Kier molecular flexibility index (Phi) is 3.26. The Balaban J connectivity index is 1.84. The molecule has 0 aliphatic carbocycles. The van der Waals surface area contributed by atoms with Gasteiger partial charge in [-0.2, -0.15) is 5.10 Å². The van der Waals surface area contributed by atoms with Gasteiger partial charge in [0.15, 0.2) is 0 Å². The highest BCUT2D eigenvalue weighted by atomic mass is 15.2. The van der Waals surface area contributed by atoms with E-state index in [0.717, 1.165) is 31.7 Å². The number of nitrogens with zero attached hydrogens (tertiary/aromatic N) is 2. The van der Waals surface area contributed by atoms with Crippen LogP contribution >= 0.6 is 0 Å². The lowest BCUT2D eigenvalue weighted by Crippen LogP contribution is -2.31. The van der Waals surface area contributed by atoms with Crippen LogP contribution in [-0.2, 0) is 13.0 Å². The monoisotopic (exact) mass is 294 g/mol. The molecule has 0 radical (unpaired) electrons. The highest BCUT2D eigenvalue weighted by Crippen LogP contribution is 2.35. The number of aromatic nitrogens is 3. The van der Waals surface area contributed by atoms with E-state index in [1.54, 1.807) is 0 Å². The number of aryl methyl sites for hydroxylation is 1. The molecule has 114 valence electrons. The lowest BCUT2D eigenvalue weighted by atomic mass is 9.99. The van der Waals surface area contributed by atoms with Gasteiger partial charge in [-0.3, -0.25) is 10.00 Å². The van der Waals surface area contributed by atoms with Gasteiger partial charge < -0.3 is 4.98 Å². The highest BCUT2D eigenvalue weighted by Gasteiger charge is 2.24. The Morgan fingerprint density at radius 1 is 1.27 bits per heavy atom. The molecule has 1 aromatic carbocycles. The van der Waals surface area contributed by atoms with Crippen molar-refractivity contribution >= 4 is 10.9 Å². The van der Waals surface area contributed by atoms with Crippen molar-refractivity contribution in [3.8, 4) is 11.3 Å². The van der Waals surface area contributed by atoms with E-state index in [1.165, 1.54) is 39.8 Å². The van der Waals surface area contributed by atoms with Gasteiger partial charge in [-0.15, -0.1) is 0 Å². The summed E-state index contributed by atoms with van der Waals surface area (Å²) in [5, 5.41) is 9.22. The van der Waals surface area contributed by atoms with Gasteiger partial charge in [-0.1, -0.05) is 25.1 Å². The molecule has 2 N–H and O–H groups in total. The summed E-state index contributed by atoms with van der Waals surface area (Å²) in [7, 11) is 0. The summed E-state index contributed by atoms with van der Waals surface area (Å²) >= 11 is 0. The van der Waals surface area contributed by atoms with Crippen LogP contribution in [-0.4, -0.2) is 33.2 Å². The second-order valence-electron chi connectivity index (χ2n) is 6.23. The largest absolute Gasteiger partial charge is 0.358 e. The zero-order valence-electron chi connectivity index (χ0n) is 13.2. The van der Waals surface area contributed by atoms with E-state index >= 15 is 0 Å². The van der Waals surface area contributed by atoms with Crippen molar-refractivity contribution in [2.75, 3.05) is 13.1 Å². The predicted molar refractivity (Wildman–Crippen MR) is 89.9 cm³/mol. The lowest BCUT2D eigenvalue weighted by molar-refractivity contribution is 0.254. The van der Waals surface area contributed by atoms with Gasteiger partial charge in [0.1, 0.15) is 0 Å². The Morgan fingerprint density at radius 2 is 2.14 bits per heavy atom. The van der Waals surface area contributed by atoms with Gasteiger partial charge >= 0.3 is 0 Å². The molecule has 2 aromatic heterocycles. The van der Waals surface area contributed by atoms with Crippen LogP contribution in [0.25, 0.3) is 22.2 Å². The van der Waals surface area contributed by atoms with Crippen molar-refractivity contribution < 1.29 is 0 Å². The maximum Gasteiger partial charge on any atom is 0.0992 e. The molecule has 0 fully saturated rings. The van der Waals surface area contributed by atoms with Crippen LogP contribution in [0.3, 0.4) is 0 Å². The third kappa shape index (κ3) is 2.06. The van der Waals surface area contributed by atoms with Crippen LogP contribution in [0.4, 0.5) is 0 Å². The number of fused-ring (bicyclic) bond motifs is 2. The Labute approximate surface area is 130 Å². The minimum absolute atomic E-state index is 1.01. The van der Waals surface area contributed by atoms with Crippen LogP contribution in [0.1, 0.15) is 30.3 Å². The molecule has 0 unspecified atom stereocenters. The standard InChI is InChI=1S/C18H22N4/c1-3-9-22-10-8-16-14(11-22)18(21-20-16)17-12(2)19-15-7-5-4-6-13(15)17/h4-7,19H,3,8-11H2,1-2H3,(H,20,21). The smallest absolute Gasteiger partial charge is 0.0992 e. The van der Waals surface area contributed by atoms with Gasteiger partial charge in [0, 0.05) is 52.9 Å². The Bertz CT molecular complexity index is 812. The summed E-state index contributed by atoms with van der Waals surface area (Å²) in [6.45, 7) is 7.69. The van der Waals surface area contributed by atoms with Crippen LogP contribution in [0.5, 0.6) is 0 Å². The zero-order valence-corrected chi connectivity index (χ0v) is 13.2. The molecule has 0 saturated heterocycles. The molecule has 0 amide bonds. The Hall–Kier alpha value is -2.07. The van der Waals surface area contributed by atoms with Crippen LogP contribution in [0, 0.1) is 6.92 Å². The molecule has 0 bridgehead atoms. The molecule has 1 aliphatic rings. The van der Waals surface area contributed by atoms with Gasteiger partial charge in [0.25, 0.3) is 0 Å². The van der Waals surface area contributed by atoms with Crippen molar-refractivity contribution in [2.24, 2.45) is 0 Å². The maximum atomic E-state index is 4.67. The van der Waals surface area contributed by atoms with E-state index in [9.17, 15) is 0 Å². The SMILES string of the molecule is CCCN1CCc2[nH]nc(-c3c(C)[nH]c4ccccc34)c2C1. The molecule has 0 saturated carbocycles. The molecule has 1 aliphatic heterocycles. The number of benzene rings is 1. The molecule has 3 heterocycles. The van der Waals surface area contributed by atoms with Gasteiger partial charge in [-0.05, 0) is 26.0 Å². The van der Waals surface area contributed by atoms with Crippen LogP contribution < -0.4 is 0 Å². The van der Waals surface area contributed by atoms with E-state index in [4.69, 9.17) is 0 Å². The van der Waals surface area contributed by atoms with E-state index in [-0.39, 0.29) is 0 Å². The first kappa shape index (κ1) is 13.6. The van der Waals surface area contributed by atoms with Crippen LogP contribution in [0.15, 0.2) is 24.3 Å². The van der Waals surface area contributed by atoms with E-state index in [0.29, 0.717) is 0 Å². The summed E-state index contributed by atoms with van der Waals surface area (Å²) in [5.74, 6) is 0. The molecular weight excluding hydrogens is 272 g/mol. The summed E-state index contributed by atoms with van der Waals surface area (Å²) in [6, 6.07) is 8.49. The fraction of sp³-hybridized carbons (Fsp3) is 0.389. The second kappa shape index (κ2) is 5.29. The topological polar surface area (TPSA) is 47.7 Å². The molecular formula is C18H22N4. The van der Waals surface area contributed by atoms with Gasteiger partial charge in [-0.25, -0.2) is 0 Å². The Morgan fingerprint density at radius 3 is 3.00 bits per heavy atom. The normalized spacial score (nSPS) is 15.4. The molecule has 4 rings (SSSR count). The first-order valence-corrected chi connectivity index (χ1v) is 8.14. The fourth-order valence-electron chi connectivity index (χ4n) is 3.65. The van der Waals surface area contributed by atoms with E-state index in [2.05, 4.69) is 58.2 Å². The van der Waals surface area contributed by atoms with Crippen molar-refractivity contribution in [1.82, 2.24) is 20.1 Å². The molecule has 3 aromatic rings. The van der Waals surface area contributed by atoms with Gasteiger partial charge in [0.05, 0.1) is 5.69 Å². The average Bonchev–Trinajstić information content (AvgIpc) is 3.07. The quantitative estimate of drug-likeness (QED) is 0.775. The predicted octanol–water partition coefficient (Wildman–Crippen LogP) is 3.63. The number of hydrogen-bond acceptors (Lipinski definition) is 2. The fourth-order valence-corrected chi connectivity index (χ4v) is 3.65. The summed E-state index contributed by atoms with van der Waals surface area (Å²) in [6.07, 6.45) is 2.28. The van der Waals surface area contributed by atoms with Crippen molar-refractivity contribution in [3.05, 3.63) is 41.2 Å². The number of aromatic amines is 2. The highest BCUT2D eigenvalue weighted by molar-refractivity contribution is 5.97. The number of para-hydroxylation sites is 1. The van der Waals surface area contributed by atoms with Crippen LogP contribution in [0.2, 0.25) is 0 Å². The summed E-state index contributed by atoms with van der Waals surface area (Å²) in [4.78, 5) is 6.02. The first-order chi connectivity index (χ1) is 10.8. The molecule has 22 heavy (non-hydrogen) atoms. The number of rotatable bonds is 3. The van der Waals surface area contributed by atoms with E-state index in [1.807, 2.05) is 0 Å². The van der Waals surface area contributed by atoms with Gasteiger partial charge in [0.2, 0.25) is 0 Å². The summed E-state index contributed by atoms with van der Waals surface area (Å²) < 4.78 is 0. The maximum absolute atomic E-state index is 4.67. The van der Waals surface area contributed by atoms with Crippen molar-refractivity contribution in [2.45, 2.75) is 33.2 Å². The average molecular weight is 294 g/mol. The number of H-pyrrole nitrogens is 2. The van der Waals surface area contributed by atoms with E-state index < -0.39 is 0 Å². The summed E-state index contributed by atoms with van der Waals surface area (Å²) in [5.41, 5.74) is 7.47.